The SMILES string of the molecule is C=CCOC(=O)C(=O)N1C(=O)[C@H]([C@@H](C)O[Si](C)(C)C)[C@H]1[C@H]1CCc2ccccc2C1=O. The van der Waals surface area contributed by atoms with Gasteiger partial charge >= 0.3 is 11.9 Å². The van der Waals surface area contributed by atoms with Crippen molar-refractivity contribution < 1.29 is 28.3 Å². The molecular weight excluding hydrogens is 414 g/mol. The predicted octanol–water partition coefficient (Wildman–Crippen LogP) is 2.75. The van der Waals surface area contributed by atoms with Crippen LogP contribution < -0.4 is 0 Å². The molecule has 0 saturated carbocycles. The molecule has 1 aliphatic carbocycles. The highest BCUT2D eigenvalue weighted by atomic mass is 28.4. The molecule has 1 aromatic carbocycles. The molecule has 0 bridgehead atoms. The summed E-state index contributed by atoms with van der Waals surface area (Å²) in [5, 5.41) is 0. The molecule has 1 fully saturated rings. The van der Waals surface area contributed by atoms with E-state index < -0.39 is 50.1 Å². The fourth-order valence-electron chi connectivity index (χ4n) is 4.55. The highest BCUT2D eigenvalue weighted by Crippen LogP contribution is 2.41. The first-order valence-electron chi connectivity index (χ1n) is 10.5. The molecule has 2 aliphatic rings. The number of aryl methyl sites for hydroxylation is 1. The van der Waals surface area contributed by atoms with E-state index in [2.05, 4.69) is 6.58 Å². The Morgan fingerprint density at radius 3 is 2.58 bits per heavy atom. The van der Waals surface area contributed by atoms with Crippen molar-refractivity contribution in [2.24, 2.45) is 11.8 Å². The van der Waals surface area contributed by atoms with Crippen LogP contribution in [0.4, 0.5) is 0 Å². The molecule has 7 nitrogen and oxygen atoms in total. The molecule has 166 valence electrons. The van der Waals surface area contributed by atoms with Crippen molar-refractivity contribution in [1.82, 2.24) is 4.90 Å². The quantitative estimate of drug-likeness (QED) is 0.221. The smallest absolute Gasteiger partial charge is 0.397 e. The maximum atomic E-state index is 13.3. The van der Waals surface area contributed by atoms with Crippen LogP contribution in [0.3, 0.4) is 0 Å². The fourth-order valence-corrected chi connectivity index (χ4v) is 5.81. The van der Waals surface area contributed by atoms with E-state index in [1.54, 1.807) is 19.1 Å². The molecule has 3 rings (SSSR count). The highest BCUT2D eigenvalue weighted by Gasteiger charge is 2.59. The van der Waals surface area contributed by atoms with Crippen molar-refractivity contribution in [3.05, 3.63) is 48.0 Å². The minimum absolute atomic E-state index is 0.109. The molecule has 2 amide bonds. The lowest BCUT2D eigenvalue weighted by Crippen LogP contribution is -2.71. The number of Topliss-reactive ketones (excluding diaryl/α,β-unsaturated/α-hetero) is 1. The second kappa shape index (κ2) is 8.88. The fraction of sp³-hybridized carbons (Fsp3) is 0.478. The number of hydrogen-bond donors (Lipinski definition) is 0. The van der Waals surface area contributed by atoms with E-state index in [1.807, 2.05) is 31.8 Å². The summed E-state index contributed by atoms with van der Waals surface area (Å²) in [6.07, 6.45) is 2.03. The van der Waals surface area contributed by atoms with Gasteiger partial charge < -0.3 is 9.16 Å². The third-order valence-corrected chi connectivity index (χ3v) is 6.79. The molecule has 1 saturated heterocycles. The van der Waals surface area contributed by atoms with Crippen LogP contribution in [0.5, 0.6) is 0 Å². The molecule has 0 N–H and O–H groups in total. The van der Waals surface area contributed by atoms with Crippen LogP contribution in [0.25, 0.3) is 0 Å². The minimum Gasteiger partial charge on any atom is -0.454 e. The average molecular weight is 444 g/mol. The Kier molecular flexibility index (Phi) is 6.61. The van der Waals surface area contributed by atoms with Crippen LogP contribution in [-0.4, -0.2) is 55.5 Å². The van der Waals surface area contributed by atoms with Gasteiger partial charge in [0.2, 0.25) is 5.91 Å². The molecule has 4 atom stereocenters. The number of fused-ring (bicyclic) bond motifs is 1. The predicted molar refractivity (Wildman–Crippen MR) is 117 cm³/mol. The number of carbonyl (C=O) groups is 4. The Labute approximate surface area is 183 Å². The van der Waals surface area contributed by atoms with E-state index >= 15 is 0 Å². The van der Waals surface area contributed by atoms with E-state index in [0.29, 0.717) is 18.4 Å². The number of ketones is 1. The Balaban J connectivity index is 1.92. The van der Waals surface area contributed by atoms with Crippen molar-refractivity contribution in [3.63, 3.8) is 0 Å². The van der Waals surface area contributed by atoms with Crippen molar-refractivity contribution in [1.29, 1.82) is 0 Å². The normalized spacial score (nSPS) is 24.1. The first-order valence-corrected chi connectivity index (χ1v) is 13.9. The van der Waals surface area contributed by atoms with Gasteiger partial charge in [-0.05, 0) is 45.0 Å². The summed E-state index contributed by atoms with van der Waals surface area (Å²) in [6, 6.07) is 6.64. The van der Waals surface area contributed by atoms with Crippen LogP contribution in [0.2, 0.25) is 19.6 Å². The zero-order valence-corrected chi connectivity index (χ0v) is 19.4. The third-order valence-electron chi connectivity index (χ3n) is 5.72. The van der Waals surface area contributed by atoms with Gasteiger partial charge in [-0.2, -0.15) is 0 Å². The van der Waals surface area contributed by atoms with E-state index in [0.717, 1.165) is 10.5 Å². The summed E-state index contributed by atoms with van der Waals surface area (Å²) in [6.45, 7) is 11.2. The number of likely N-dealkylation sites (tertiary alicyclic amines) is 1. The Hall–Kier alpha value is -2.58. The van der Waals surface area contributed by atoms with Gasteiger partial charge in [-0.3, -0.25) is 19.3 Å². The number of imide groups is 1. The van der Waals surface area contributed by atoms with Gasteiger partial charge in [-0.15, -0.1) is 0 Å². The van der Waals surface area contributed by atoms with Gasteiger partial charge in [0.1, 0.15) is 6.61 Å². The topological polar surface area (TPSA) is 90.0 Å². The molecule has 1 aliphatic heterocycles. The molecule has 1 heterocycles. The molecule has 1 aromatic rings. The van der Waals surface area contributed by atoms with Crippen LogP contribution in [-0.2, 0) is 30.0 Å². The summed E-state index contributed by atoms with van der Waals surface area (Å²) in [5.74, 6) is -4.02. The van der Waals surface area contributed by atoms with Crippen molar-refractivity contribution in [2.75, 3.05) is 6.61 Å². The molecular formula is C23H29NO6Si. The van der Waals surface area contributed by atoms with E-state index in [4.69, 9.17) is 9.16 Å². The summed E-state index contributed by atoms with van der Waals surface area (Å²) in [7, 11) is -1.98. The van der Waals surface area contributed by atoms with Gasteiger partial charge in [0.15, 0.2) is 14.1 Å². The van der Waals surface area contributed by atoms with Gasteiger partial charge in [0, 0.05) is 11.5 Å². The Morgan fingerprint density at radius 1 is 1.26 bits per heavy atom. The average Bonchev–Trinajstić information content (AvgIpc) is 2.69. The lowest BCUT2D eigenvalue weighted by atomic mass is 9.69. The first-order chi connectivity index (χ1) is 14.6. The number of hydrogen-bond acceptors (Lipinski definition) is 6. The van der Waals surface area contributed by atoms with Crippen molar-refractivity contribution in [2.45, 2.75) is 51.6 Å². The lowest BCUT2D eigenvalue weighted by Gasteiger charge is -2.51. The van der Waals surface area contributed by atoms with E-state index in [9.17, 15) is 19.2 Å². The molecule has 8 heteroatoms. The van der Waals surface area contributed by atoms with Gasteiger partial charge in [0.25, 0.3) is 0 Å². The van der Waals surface area contributed by atoms with Crippen LogP contribution in [0.15, 0.2) is 36.9 Å². The summed E-state index contributed by atoms with van der Waals surface area (Å²) >= 11 is 0. The zero-order chi connectivity index (χ0) is 22.9. The summed E-state index contributed by atoms with van der Waals surface area (Å²) < 4.78 is 11.0. The van der Waals surface area contributed by atoms with Gasteiger partial charge in [-0.25, -0.2) is 4.79 Å². The first kappa shape index (κ1) is 23.1. The van der Waals surface area contributed by atoms with Crippen LogP contribution in [0.1, 0.15) is 29.3 Å². The van der Waals surface area contributed by atoms with Gasteiger partial charge in [0.05, 0.1) is 18.1 Å². The molecule has 0 unspecified atom stereocenters. The van der Waals surface area contributed by atoms with E-state index in [-0.39, 0.29) is 12.4 Å². The second-order valence-electron chi connectivity index (χ2n) is 9.02. The Morgan fingerprint density at radius 2 is 1.94 bits per heavy atom. The van der Waals surface area contributed by atoms with Crippen LogP contribution >= 0.6 is 0 Å². The van der Waals surface area contributed by atoms with Crippen molar-refractivity contribution >= 4 is 31.9 Å². The maximum absolute atomic E-state index is 13.3. The minimum atomic E-state index is -1.98. The summed E-state index contributed by atoms with van der Waals surface area (Å²) in [5.41, 5.74) is 1.57. The standard InChI is InChI=1S/C23H29NO6Si/c1-6-13-29-23(28)22(27)24-19(18(21(24)26)14(2)30-31(3,4)5)17-12-11-15-9-7-8-10-16(15)20(17)25/h6-10,14,17-19H,1,11-13H2,2-5H3/t14-,17-,18-,19-/m1/s1. The second-order valence-corrected chi connectivity index (χ2v) is 13.5. The third kappa shape index (κ3) is 4.55. The van der Waals surface area contributed by atoms with Crippen molar-refractivity contribution in [3.8, 4) is 0 Å². The maximum Gasteiger partial charge on any atom is 0.397 e. The Bertz CT molecular complexity index is 921. The lowest BCUT2D eigenvalue weighted by molar-refractivity contribution is -0.181. The molecule has 31 heavy (non-hydrogen) atoms. The largest absolute Gasteiger partial charge is 0.454 e. The summed E-state index contributed by atoms with van der Waals surface area (Å²) in [4.78, 5) is 52.2. The zero-order valence-electron chi connectivity index (χ0n) is 18.4. The number of esters is 1. The number of rotatable bonds is 6. The van der Waals surface area contributed by atoms with Crippen LogP contribution in [0, 0.1) is 11.8 Å². The molecule has 0 aromatic heterocycles. The number of β-lactam (4-membered cyclic amide) rings is 1. The van der Waals surface area contributed by atoms with Gasteiger partial charge in [-0.1, -0.05) is 36.9 Å². The number of nitrogens with zero attached hydrogens (tertiary/aromatic N) is 1. The highest BCUT2D eigenvalue weighted by molar-refractivity contribution is 6.69. The van der Waals surface area contributed by atoms with E-state index in [1.165, 1.54) is 6.08 Å². The molecule has 0 radical (unpaired) electrons. The number of carbonyl (C=O) groups excluding carboxylic acids is 4. The monoisotopic (exact) mass is 443 g/mol. The molecule has 0 spiro atoms. The number of amides is 2. The number of ether oxygens (including phenoxy) is 1. The number of benzene rings is 1.